The van der Waals surface area contributed by atoms with E-state index < -0.39 is 5.97 Å². The molecule has 94 valence electrons. The fourth-order valence-corrected chi connectivity index (χ4v) is 3.04. The second-order valence-corrected chi connectivity index (χ2v) is 5.84. The van der Waals surface area contributed by atoms with Gasteiger partial charge < -0.3 is 10.1 Å². The summed E-state index contributed by atoms with van der Waals surface area (Å²) in [6.07, 6.45) is 4.46. The van der Waals surface area contributed by atoms with E-state index in [1.54, 1.807) is 0 Å². The van der Waals surface area contributed by atoms with Crippen LogP contribution in [0.25, 0.3) is 10.9 Å². The summed E-state index contributed by atoms with van der Waals surface area (Å²) >= 11 is 3.48. The van der Waals surface area contributed by atoms with Crippen molar-refractivity contribution in [3.05, 3.63) is 34.4 Å². The van der Waals surface area contributed by atoms with E-state index >= 15 is 0 Å². The molecule has 0 saturated heterocycles. The molecule has 1 heterocycles. The second kappa shape index (κ2) is 4.43. The molecular formula is C14H14BrNO2. The predicted molar refractivity (Wildman–Crippen MR) is 73.7 cm³/mol. The van der Waals surface area contributed by atoms with Crippen molar-refractivity contribution in [3.8, 4) is 0 Å². The van der Waals surface area contributed by atoms with Crippen LogP contribution in [0.5, 0.6) is 0 Å². The zero-order valence-electron chi connectivity index (χ0n) is 9.82. The third-order valence-electron chi connectivity index (χ3n) is 3.67. The number of carbonyl (C=O) groups is 1. The average molecular weight is 308 g/mol. The van der Waals surface area contributed by atoms with E-state index in [1.165, 1.54) is 0 Å². The van der Waals surface area contributed by atoms with Crippen LogP contribution in [-0.2, 0) is 4.79 Å². The first-order chi connectivity index (χ1) is 8.65. The molecule has 0 aliphatic heterocycles. The van der Waals surface area contributed by atoms with Crippen LogP contribution in [0.1, 0.15) is 30.7 Å². The van der Waals surface area contributed by atoms with Crippen LogP contribution < -0.4 is 0 Å². The number of hydrogen-bond donors (Lipinski definition) is 2. The molecule has 1 aromatic carbocycles. The maximum absolute atomic E-state index is 11.0. The smallest absolute Gasteiger partial charge is 0.303 e. The van der Waals surface area contributed by atoms with Crippen LogP contribution in [-0.4, -0.2) is 16.1 Å². The number of aromatic amines is 1. The molecule has 1 unspecified atom stereocenters. The van der Waals surface area contributed by atoms with E-state index in [2.05, 4.69) is 39.1 Å². The van der Waals surface area contributed by atoms with Crippen molar-refractivity contribution in [2.75, 3.05) is 0 Å². The Hall–Kier alpha value is -1.29. The van der Waals surface area contributed by atoms with Gasteiger partial charge in [-0.1, -0.05) is 12.1 Å². The van der Waals surface area contributed by atoms with E-state index in [-0.39, 0.29) is 12.3 Å². The highest BCUT2D eigenvalue weighted by molar-refractivity contribution is 9.10. The first-order valence-corrected chi connectivity index (χ1v) is 6.93. The monoisotopic (exact) mass is 307 g/mol. The normalized spacial score (nSPS) is 16.9. The molecule has 1 aliphatic carbocycles. The maximum Gasteiger partial charge on any atom is 0.303 e. The quantitative estimate of drug-likeness (QED) is 0.900. The van der Waals surface area contributed by atoms with E-state index in [9.17, 15) is 4.79 Å². The maximum atomic E-state index is 11.0. The van der Waals surface area contributed by atoms with Gasteiger partial charge in [0.15, 0.2) is 0 Å². The largest absolute Gasteiger partial charge is 0.481 e. The molecule has 1 atom stereocenters. The average Bonchev–Trinajstić information content (AvgIpc) is 3.11. The van der Waals surface area contributed by atoms with Gasteiger partial charge in [-0.05, 0) is 52.2 Å². The summed E-state index contributed by atoms with van der Waals surface area (Å²) in [4.78, 5) is 14.2. The van der Waals surface area contributed by atoms with E-state index in [0.29, 0.717) is 5.92 Å². The van der Waals surface area contributed by atoms with E-state index in [4.69, 9.17) is 5.11 Å². The number of nitrogens with one attached hydrogen (secondary N) is 1. The summed E-state index contributed by atoms with van der Waals surface area (Å²) in [5.41, 5.74) is 2.21. The lowest BCUT2D eigenvalue weighted by atomic mass is 9.90. The Morgan fingerprint density at radius 3 is 2.94 bits per heavy atom. The Labute approximate surface area is 113 Å². The van der Waals surface area contributed by atoms with Gasteiger partial charge in [-0.15, -0.1) is 0 Å². The fraction of sp³-hybridized carbons (Fsp3) is 0.357. The van der Waals surface area contributed by atoms with Gasteiger partial charge in [0.2, 0.25) is 0 Å². The Morgan fingerprint density at radius 2 is 2.28 bits per heavy atom. The molecule has 0 radical (unpaired) electrons. The van der Waals surface area contributed by atoms with Crippen LogP contribution in [0.15, 0.2) is 28.9 Å². The molecule has 3 nitrogen and oxygen atoms in total. The minimum absolute atomic E-state index is 0.161. The van der Waals surface area contributed by atoms with Gasteiger partial charge in [0.05, 0.1) is 6.42 Å². The van der Waals surface area contributed by atoms with Crippen molar-refractivity contribution in [1.29, 1.82) is 0 Å². The van der Waals surface area contributed by atoms with Crippen molar-refractivity contribution in [2.45, 2.75) is 25.2 Å². The van der Waals surface area contributed by atoms with Crippen LogP contribution in [0, 0.1) is 5.92 Å². The molecule has 0 spiro atoms. The number of rotatable bonds is 4. The highest BCUT2D eigenvalue weighted by Crippen LogP contribution is 2.45. The number of carboxylic acids is 1. The number of benzene rings is 1. The van der Waals surface area contributed by atoms with Crippen LogP contribution in [0.2, 0.25) is 0 Å². The minimum atomic E-state index is -0.709. The van der Waals surface area contributed by atoms with Crippen molar-refractivity contribution in [1.82, 2.24) is 4.98 Å². The number of halogens is 1. The minimum Gasteiger partial charge on any atom is -0.481 e. The fourth-order valence-electron chi connectivity index (χ4n) is 2.58. The molecule has 0 bridgehead atoms. The second-order valence-electron chi connectivity index (χ2n) is 4.98. The number of carboxylic acid groups (broad SMARTS) is 1. The lowest BCUT2D eigenvalue weighted by Crippen LogP contribution is -2.08. The third-order valence-corrected chi connectivity index (χ3v) is 4.33. The highest BCUT2D eigenvalue weighted by atomic mass is 79.9. The summed E-state index contributed by atoms with van der Waals surface area (Å²) in [7, 11) is 0. The number of hydrogen-bond acceptors (Lipinski definition) is 1. The topological polar surface area (TPSA) is 53.1 Å². The Balaban J connectivity index is 1.98. The standard InChI is InChI=1S/C14H14BrNO2/c15-12-7-16-13-5-9(3-4-10(12)13)11(6-14(17)18)8-1-2-8/h3-5,7-8,11,16H,1-2,6H2,(H,17,18). The van der Waals surface area contributed by atoms with Crippen molar-refractivity contribution in [2.24, 2.45) is 5.92 Å². The lowest BCUT2D eigenvalue weighted by Gasteiger charge is -2.14. The lowest BCUT2D eigenvalue weighted by molar-refractivity contribution is -0.137. The number of fused-ring (bicyclic) bond motifs is 1. The molecule has 2 aromatic rings. The Bertz CT molecular complexity index is 601. The molecule has 0 amide bonds. The van der Waals surface area contributed by atoms with Gasteiger partial charge in [-0.2, -0.15) is 0 Å². The summed E-state index contributed by atoms with van der Waals surface area (Å²) in [6, 6.07) is 6.21. The van der Waals surface area contributed by atoms with Gasteiger partial charge in [-0.3, -0.25) is 4.79 Å². The van der Waals surface area contributed by atoms with Crippen molar-refractivity contribution in [3.63, 3.8) is 0 Å². The summed E-state index contributed by atoms with van der Waals surface area (Å²) in [5, 5.41) is 10.2. The first kappa shape index (κ1) is 11.8. The zero-order chi connectivity index (χ0) is 12.7. The third kappa shape index (κ3) is 2.17. The molecule has 1 saturated carbocycles. The van der Waals surface area contributed by atoms with Crippen LogP contribution in [0.4, 0.5) is 0 Å². The van der Waals surface area contributed by atoms with Crippen molar-refractivity contribution >= 4 is 32.8 Å². The summed E-state index contributed by atoms with van der Waals surface area (Å²) in [5.74, 6) is 0.00518. The zero-order valence-corrected chi connectivity index (χ0v) is 11.4. The SMILES string of the molecule is O=C(O)CC(c1ccc2c(Br)c[nH]c2c1)C1CC1. The summed E-state index contributed by atoms with van der Waals surface area (Å²) in [6.45, 7) is 0. The Morgan fingerprint density at radius 1 is 1.50 bits per heavy atom. The van der Waals surface area contributed by atoms with Gasteiger partial charge in [-0.25, -0.2) is 0 Å². The van der Waals surface area contributed by atoms with Gasteiger partial charge >= 0.3 is 5.97 Å². The van der Waals surface area contributed by atoms with Gasteiger partial charge in [0.25, 0.3) is 0 Å². The van der Waals surface area contributed by atoms with E-state index in [0.717, 1.165) is 33.8 Å². The van der Waals surface area contributed by atoms with E-state index in [1.807, 2.05) is 6.20 Å². The molecule has 4 heteroatoms. The number of H-pyrrole nitrogens is 1. The Kier molecular flexibility index (Phi) is 2.90. The molecule has 1 aromatic heterocycles. The predicted octanol–water partition coefficient (Wildman–Crippen LogP) is 3.90. The molecular weight excluding hydrogens is 294 g/mol. The molecule has 18 heavy (non-hydrogen) atoms. The molecule has 2 N–H and O–H groups in total. The van der Waals surface area contributed by atoms with Gasteiger partial charge in [0.1, 0.15) is 0 Å². The van der Waals surface area contributed by atoms with Crippen molar-refractivity contribution < 1.29 is 9.90 Å². The van der Waals surface area contributed by atoms with Gasteiger partial charge in [0, 0.05) is 21.6 Å². The number of aromatic nitrogens is 1. The van der Waals surface area contributed by atoms with Crippen LogP contribution in [0.3, 0.4) is 0 Å². The molecule has 3 rings (SSSR count). The molecule has 1 fully saturated rings. The summed E-state index contributed by atoms with van der Waals surface area (Å²) < 4.78 is 1.05. The number of aliphatic carboxylic acids is 1. The molecule has 1 aliphatic rings. The highest BCUT2D eigenvalue weighted by Gasteiger charge is 2.33. The first-order valence-electron chi connectivity index (χ1n) is 6.13. The van der Waals surface area contributed by atoms with Crippen LogP contribution >= 0.6 is 15.9 Å².